The van der Waals surface area contributed by atoms with Crippen molar-refractivity contribution in [2.24, 2.45) is 0 Å². The van der Waals surface area contributed by atoms with Crippen LogP contribution in [0.4, 0.5) is 0 Å². The quantitative estimate of drug-likeness (QED) is 0.707. The normalized spacial score (nSPS) is 12.5. The summed E-state index contributed by atoms with van der Waals surface area (Å²) in [7, 11) is 1.80. The van der Waals surface area contributed by atoms with E-state index in [0.717, 1.165) is 35.7 Å². The fourth-order valence-corrected chi connectivity index (χ4v) is 2.78. The molecule has 0 N–H and O–H groups in total. The first-order valence-corrected chi connectivity index (χ1v) is 9.04. The van der Waals surface area contributed by atoms with Gasteiger partial charge in [-0.05, 0) is 48.4 Å². The molecule has 3 rings (SSSR count). The Bertz CT molecular complexity index is 742. The van der Waals surface area contributed by atoms with Crippen LogP contribution in [0, 0.1) is 0 Å². The van der Waals surface area contributed by atoms with Gasteiger partial charge < -0.3 is 19.1 Å². The molecule has 1 amide bonds. The fourth-order valence-electron chi connectivity index (χ4n) is 2.78. The number of hydrogen-bond donors (Lipinski definition) is 0. The van der Waals surface area contributed by atoms with Crippen LogP contribution in [0.5, 0.6) is 17.2 Å². The number of unbranched alkanes of at least 4 members (excludes halogenated alkanes) is 1. The lowest BCUT2D eigenvalue weighted by Gasteiger charge is -2.21. The van der Waals surface area contributed by atoms with Crippen molar-refractivity contribution in [3.63, 3.8) is 0 Å². The molecule has 0 unspecified atom stereocenters. The maximum atomic E-state index is 12.6. The topological polar surface area (TPSA) is 48.0 Å². The Morgan fingerprint density at radius 3 is 2.54 bits per heavy atom. The number of hydrogen-bond acceptors (Lipinski definition) is 4. The van der Waals surface area contributed by atoms with Gasteiger partial charge in [-0.15, -0.1) is 0 Å². The monoisotopic (exact) mass is 355 g/mol. The summed E-state index contributed by atoms with van der Waals surface area (Å²) in [6.45, 7) is 4.46. The van der Waals surface area contributed by atoms with Gasteiger partial charge in [0.25, 0.3) is 5.91 Å². The molecule has 0 bridgehead atoms. The van der Waals surface area contributed by atoms with E-state index in [9.17, 15) is 4.79 Å². The number of carbonyl (C=O) groups excluding carboxylic acids is 1. The molecule has 26 heavy (non-hydrogen) atoms. The highest BCUT2D eigenvalue weighted by Crippen LogP contribution is 2.31. The number of benzene rings is 2. The van der Waals surface area contributed by atoms with Crippen molar-refractivity contribution in [3.05, 3.63) is 53.6 Å². The third kappa shape index (κ3) is 4.48. The molecule has 5 heteroatoms. The van der Waals surface area contributed by atoms with Crippen LogP contribution in [0.15, 0.2) is 42.5 Å². The smallest absolute Gasteiger partial charge is 0.253 e. The van der Waals surface area contributed by atoms with Crippen LogP contribution in [0.1, 0.15) is 35.7 Å². The predicted molar refractivity (Wildman–Crippen MR) is 100 cm³/mol. The molecule has 0 saturated carbocycles. The van der Waals surface area contributed by atoms with Crippen LogP contribution in [-0.2, 0) is 6.54 Å². The molecule has 1 aliphatic rings. The largest absolute Gasteiger partial charge is 0.494 e. The van der Waals surface area contributed by atoms with Gasteiger partial charge in [-0.2, -0.15) is 0 Å². The maximum Gasteiger partial charge on any atom is 0.253 e. The van der Waals surface area contributed by atoms with Gasteiger partial charge in [0.2, 0.25) is 0 Å². The lowest BCUT2D eigenvalue weighted by molar-refractivity contribution is 0.0784. The molecule has 1 aliphatic heterocycles. The van der Waals surface area contributed by atoms with Crippen LogP contribution in [0.2, 0.25) is 0 Å². The van der Waals surface area contributed by atoms with Gasteiger partial charge in [-0.1, -0.05) is 19.4 Å². The van der Waals surface area contributed by atoms with E-state index in [4.69, 9.17) is 14.2 Å². The molecule has 0 atom stereocenters. The van der Waals surface area contributed by atoms with E-state index in [-0.39, 0.29) is 5.91 Å². The summed E-state index contributed by atoms with van der Waals surface area (Å²) in [6.07, 6.45) is 2.13. The summed E-state index contributed by atoms with van der Waals surface area (Å²) in [4.78, 5) is 14.3. The molecule has 0 fully saturated rings. The Hall–Kier alpha value is -2.69. The lowest BCUT2D eigenvalue weighted by atomic mass is 10.1. The second kappa shape index (κ2) is 8.61. The SMILES string of the molecule is CCCCOc1ccc(C(=O)N(C)Cc2ccc3c(c2)OCCO3)cc1. The van der Waals surface area contributed by atoms with Gasteiger partial charge >= 0.3 is 0 Å². The minimum absolute atomic E-state index is 0.0278. The molecule has 0 aromatic heterocycles. The number of rotatable bonds is 7. The second-order valence-corrected chi connectivity index (χ2v) is 6.37. The average molecular weight is 355 g/mol. The summed E-state index contributed by atoms with van der Waals surface area (Å²) in [6, 6.07) is 13.1. The Morgan fingerprint density at radius 2 is 1.81 bits per heavy atom. The first-order valence-electron chi connectivity index (χ1n) is 9.04. The van der Waals surface area contributed by atoms with E-state index >= 15 is 0 Å². The summed E-state index contributed by atoms with van der Waals surface area (Å²) in [5, 5.41) is 0. The van der Waals surface area contributed by atoms with Gasteiger partial charge in [-0.25, -0.2) is 0 Å². The minimum Gasteiger partial charge on any atom is -0.494 e. The van der Waals surface area contributed by atoms with Crippen molar-refractivity contribution >= 4 is 5.91 Å². The van der Waals surface area contributed by atoms with Crippen LogP contribution in [0.3, 0.4) is 0 Å². The molecule has 5 nitrogen and oxygen atoms in total. The van der Waals surface area contributed by atoms with Crippen molar-refractivity contribution < 1.29 is 19.0 Å². The number of fused-ring (bicyclic) bond motifs is 1. The first kappa shape index (κ1) is 18.1. The first-order chi connectivity index (χ1) is 12.7. The second-order valence-electron chi connectivity index (χ2n) is 6.37. The van der Waals surface area contributed by atoms with Crippen molar-refractivity contribution in [3.8, 4) is 17.2 Å². The molecule has 0 aliphatic carbocycles. The zero-order chi connectivity index (χ0) is 18.4. The standard InChI is InChI=1S/C21H25NO4/c1-3-4-11-24-18-8-6-17(7-9-18)21(23)22(2)15-16-5-10-19-20(14-16)26-13-12-25-19/h5-10,14H,3-4,11-13,15H2,1-2H3. The fraction of sp³-hybridized carbons (Fsp3) is 0.381. The number of amides is 1. The Labute approximate surface area is 154 Å². The highest BCUT2D eigenvalue weighted by atomic mass is 16.6. The zero-order valence-corrected chi connectivity index (χ0v) is 15.4. The van der Waals surface area contributed by atoms with Gasteiger partial charge in [0.1, 0.15) is 19.0 Å². The van der Waals surface area contributed by atoms with Crippen molar-refractivity contribution in [1.29, 1.82) is 0 Å². The summed E-state index contributed by atoms with van der Waals surface area (Å²) in [5.74, 6) is 2.26. The molecule has 2 aromatic rings. The highest BCUT2D eigenvalue weighted by Gasteiger charge is 2.15. The van der Waals surface area contributed by atoms with Crippen LogP contribution in [-0.4, -0.2) is 37.7 Å². The maximum absolute atomic E-state index is 12.6. The molecular formula is C21H25NO4. The van der Waals surface area contributed by atoms with Gasteiger partial charge in [0.05, 0.1) is 6.61 Å². The lowest BCUT2D eigenvalue weighted by Crippen LogP contribution is -2.26. The van der Waals surface area contributed by atoms with E-state index in [0.29, 0.717) is 31.9 Å². The number of carbonyl (C=O) groups is 1. The highest BCUT2D eigenvalue weighted by molar-refractivity contribution is 5.94. The molecular weight excluding hydrogens is 330 g/mol. The third-order valence-corrected chi connectivity index (χ3v) is 4.24. The summed E-state index contributed by atoms with van der Waals surface area (Å²) in [5.41, 5.74) is 1.65. The van der Waals surface area contributed by atoms with Crippen molar-refractivity contribution in [1.82, 2.24) is 4.90 Å². The molecule has 138 valence electrons. The zero-order valence-electron chi connectivity index (χ0n) is 15.4. The molecule has 0 radical (unpaired) electrons. The molecule has 1 heterocycles. The summed E-state index contributed by atoms with van der Waals surface area (Å²) >= 11 is 0. The van der Waals surface area contributed by atoms with Crippen LogP contribution < -0.4 is 14.2 Å². The minimum atomic E-state index is -0.0278. The van der Waals surface area contributed by atoms with Crippen LogP contribution >= 0.6 is 0 Å². The Morgan fingerprint density at radius 1 is 1.08 bits per heavy atom. The Balaban J connectivity index is 1.60. The summed E-state index contributed by atoms with van der Waals surface area (Å²) < 4.78 is 16.8. The van der Waals surface area contributed by atoms with Gasteiger partial charge in [0, 0.05) is 19.2 Å². The third-order valence-electron chi connectivity index (χ3n) is 4.24. The van der Waals surface area contributed by atoms with E-state index in [1.807, 2.05) is 42.5 Å². The van der Waals surface area contributed by atoms with E-state index in [2.05, 4.69) is 6.92 Å². The van der Waals surface area contributed by atoms with Gasteiger partial charge in [-0.3, -0.25) is 4.79 Å². The van der Waals surface area contributed by atoms with E-state index in [1.165, 1.54) is 0 Å². The molecule has 2 aromatic carbocycles. The average Bonchev–Trinajstić information content (AvgIpc) is 2.68. The molecule has 0 spiro atoms. The number of ether oxygens (including phenoxy) is 3. The Kier molecular flexibility index (Phi) is 6.00. The van der Waals surface area contributed by atoms with E-state index in [1.54, 1.807) is 11.9 Å². The van der Waals surface area contributed by atoms with Gasteiger partial charge in [0.15, 0.2) is 11.5 Å². The van der Waals surface area contributed by atoms with Crippen LogP contribution in [0.25, 0.3) is 0 Å². The predicted octanol–water partition coefficient (Wildman–Crippen LogP) is 3.91. The molecule has 0 saturated heterocycles. The van der Waals surface area contributed by atoms with E-state index < -0.39 is 0 Å². The number of nitrogens with zero attached hydrogens (tertiary/aromatic N) is 1. The van der Waals surface area contributed by atoms with Crippen molar-refractivity contribution in [2.45, 2.75) is 26.3 Å². The van der Waals surface area contributed by atoms with Crippen molar-refractivity contribution in [2.75, 3.05) is 26.9 Å².